The van der Waals surface area contributed by atoms with E-state index in [0.717, 1.165) is 16.5 Å². The van der Waals surface area contributed by atoms with Gasteiger partial charge >= 0.3 is 0 Å². The van der Waals surface area contributed by atoms with Gasteiger partial charge in [-0.1, -0.05) is 24.3 Å². The van der Waals surface area contributed by atoms with Crippen LogP contribution in [0.15, 0.2) is 48.5 Å². The SMILES string of the molecule is Nc1nc(NCCc2cccc(F)c2)c2ccccc2n1. The third-order valence-electron chi connectivity index (χ3n) is 3.22. The second-order valence-electron chi connectivity index (χ2n) is 4.75. The molecule has 0 aliphatic rings. The molecule has 0 spiro atoms. The van der Waals surface area contributed by atoms with Gasteiger partial charge in [-0.2, -0.15) is 4.98 Å². The molecular formula is C16H15FN4. The Bertz CT molecular complexity index is 773. The van der Waals surface area contributed by atoms with Gasteiger partial charge in [0.05, 0.1) is 5.52 Å². The van der Waals surface area contributed by atoms with Crippen molar-refractivity contribution in [2.75, 3.05) is 17.6 Å². The zero-order chi connectivity index (χ0) is 14.7. The molecule has 3 aromatic rings. The summed E-state index contributed by atoms with van der Waals surface area (Å²) >= 11 is 0. The quantitative estimate of drug-likeness (QED) is 0.772. The predicted octanol–water partition coefficient (Wildman–Crippen LogP) is 3.01. The van der Waals surface area contributed by atoms with Crippen LogP contribution in [0.25, 0.3) is 10.9 Å². The molecule has 0 amide bonds. The number of rotatable bonds is 4. The van der Waals surface area contributed by atoms with Crippen molar-refractivity contribution in [1.29, 1.82) is 0 Å². The molecule has 2 aromatic carbocycles. The standard InChI is InChI=1S/C16H15FN4/c17-12-5-3-4-11(10-12)8-9-19-15-13-6-1-2-7-14(13)20-16(18)21-15/h1-7,10H,8-9H2,(H3,18,19,20,21). The van der Waals surface area contributed by atoms with Crippen molar-refractivity contribution >= 4 is 22.7 Å². The lowest BCUT2D eigenvalue weighted by molar-refractivity contribution is 0.625. The van der Waals surface area contributed by atoms with Gasteiger partial charge in [0.25, 0.3) is 0 Å². The number of nitrogen functional groups attached to an aromatic ring is 1. The fourth-order valence-corrected chi connectivity index (χ4v) is 2.25. The van der Waals surface area contributed by atoms with Crippen molar-refractivity contribution in [1.82, 2.24) is 9.97 Å². The predicted molar refractivity (Wildman–Crippen MR) is 82.5 cm³/mol. The summed E-state index contributed by atoms with van der Waals surface area (Å²) in [4.78, 5) is 8.42. The van der Waals surface area contributed by atoms with Crippen LogP contribution in [-0.2, 0) is 6.42 Å². The van der Waals surface area contributed by atoms with Crippen LogP contribution >= 0.6 is 0 Å². The molecule has 4 nitrogen and oxygen atoms in total. The summed E-state index contributed by atoms with van der Waals surface area (Å²) in [6.07, 6.45) is 0.704. The van der Waals surface area contributed by atoms with Crippen LogP contribution in [-0.4, -0.2) is 16.5 Å². The van der Waals surface area contributed by atoms with E-state index in [-0.39, 0.29) is 11.8 Å². The van der Waals surface area contributed by atoms with Crippen molar-refractivity contribution in [2.45, 2.75) is 6.42 Å². The first-order valence-corrected chi connectivity index (χ1v) is 6.73. The van der Waals surface area contributed by atoms with Gasteiger partial charge in [-0.05, 0) is 36.2 Å². The summed E-state index contributed by atoms with van der Waals surface area (Å²) in [5, 5.41) is 4.17. The first-order chi connectivity index (χ1) is 10.2. The number of anilines is 2. The van der Waals surface area contributed by atoms with Crippen molar-refractivity contribution in [3.8, 4) is 0 Å². The molecule has 0 aliphatic heterocycles. The third kappa shape index (κ3) is 3.08. The van der Waals surface area contributed by atoms with Gasteiger partial charge in [-0.3, -0.25) is 0 Å². The van der Waals surface area contributed by atoms with E-state index >= 15 is 0 Å². The minimum atomic E-state index is -0.218. The average Bonchev–Trinajstić information content (AvgIpc) is 2.47. The Hall–Kier alpha value is -2.69. The zero-order valence-corrected chi connectivity index (χ0v) is 11.4. The first-order valence-electron chi connectivity index (χ1n) is 6.73. The highest BCUT2D eigenvalue weighted by Gasteiger charge is 2.05. The molecule has 21 heavy (non-hydrogen) atoms. The largest absolute Gasteiger partial charge is 0.369 e. The number of para-hydroxylation sites is 1. The fraction of sp³-hybridized carbons (Fsp3) is 0.125. The summed E-state index contributed by atoms with van der Waals surface area (Å²) < 4.78 is 13.1. The molecule has 3 N–H and O–H groups in total. The second kappa shape index (κ2) is 5.75. The van der Waals surface area contributed by atoms with Gasteiger partial charge in [-0.25, -0.2) is 9.37 Å². The smallest absolute Gasteiger partial charge is 0.222 e. The van der Waals surface area contributed by atoms with Crippen molar-refractivity contribution in [3.05, 3.63) is 59.9 Å². The Morgan fingerprint density at radius 1 is 1.05 bits per heavy atom. The van der Waals surface area contributed by atoms with Gasteiger partial charge in [0.2, 0.25) is 5.95 Å². The molecule has 0 aliphatic carbocycles. The van der Waals surface area contributed by atoms with Crippen LogP contribution in [0.5, 0.6) is 0 Å². The molecule has 3 rings (SSSR count). The Morgan fingerprint density at radius 3 is 2.76 bits per heavy atom. The molecule has 5 heteroatoms. The molecule has 0 fully saturated rings. The molecule has 0 saturated heterocycles. The van der Waals surface area contributed by atoms with Crippen LogP contribution in [0.3, 0.4) is 0 Å². The molecule has 1 heterocycles. The van der Waals surface area contributed by atoms with Crippen LogP contribution in [0.1, 0.15) is 5.56 Å². The molecule has 0 atom stereocenters. The van der Waals surface area contributed by atoms with E-state index in [9.17, 15) is 4.39 Å². The maximum atomic E-state index is 13.1. The Balaban J connectivity index is 1.76. The van der Waals surface area contributed by atoms with Gasteiger partial charge in [0.1, 0.15) is 11.6 Å². The lowest BCUT2D eigenvalue weighted by atomic mass is 10.1. The highest BCUT2D eigenvalue weighted by Crippen LogP contribution is 2.20. The van der Waals surface area contributed by atoms with E-state index in [1.54, 1.807) is 6.07 Å². The number of nitrogens with two attached hydrogens (primary N) is 1. The van der Waals surface area contributed by atoms with E-state index in [1.165, 1.54) is 12.1 Å². The fourth-order valence-electron chi connectivity index (χ4n) is 2.25. The summed E-state index contributed by atoms with van der Waals surface area (Å²) in [7, 11) is 0. The lowest BCUT2D eigenvalue weighted by Crippen LogP contribution is -2.09. The van der Waals surface area contributed by atoms with Gasteiger partial charge in [0.15, 0.2) is 0 Å². The number of nitrogens with one attached hydrogen (secondary N) is 1. The van der Waals surface area contributed by atoms with Crippen LogP contribution in [0, 0.1) is 5.82 Å². The molecule has 0 unspecified atom stereocenters. The van der Waals surface area contributed by atoms with E-state index in [1.807, 2.05) is 30.3 Å². The van der Waals surface area contributed by atoms with Crippen LogP contribution < -0.4 is 11.1 Å². The molecule has 0 bridgehead atoms. The number of hydrogen-bond acceptors (Lipinski definition) is 4. The summed E-state index contributed by atoms with van der Waals surface area (Å²) in [5.74, 6) is 0.723. The summed E-state index contributed by atoms with van der Waals surface area (Å²) in [6, 6.07) is 14.3. The van der Waals surface area contributed by atoms with Gasteiger partial charge in [-0.15, -0.1) is 0 Å². The van der Waals surface area contributed by atoms with Crippen molar-refractivity contribution < 1.29 is 4.39 Å². The second-order valence-corrected chi connectivity index (χ2v) is 4.75. The monoisotopic (exact) mass is 282 g/mol. The third-order valence-corrected chi connectivity index (χ3v) is 3.22. The topological polar surface area (TPSA) is 63.8 Å². The number of halogens is 1. The number of fused-ring (bicyclic) bond motifs is 1. The normalized spacial score (nSPS) is 10.7. The van der Waals surface area contributed by atoms with E-state index in [0.29, 0.717) is 18.8 Å². The van der Waals surface area contributed by atoms with E-state index in [4.69, 9.17) is 5.73 Å². The van der Waals surface area contributed by atoms with Gasteiger partial charge < -0.3 is 11.1 Å². The van der Waals surface area contributed by atoms with Crippen molar-refractivity contribution in [3.63, 3.8) is 0 Å². The highest BCUT2D eigenvalue weighted by molar-refractivity contribution is 5.89. The van der Waals surface area contributed by atoms with Crippen molar-refractivity contribution in [2.24, 2.45) is 0 Å². The molecular weight excluding hydrogens is 267 g/mol. The maximum Gasteiger partial charge on any atom is 0.222 e. The maximum absolute atomic E-state index is 13.1. The zero-order valence-electron chi connectivity index (χ0n) is 11.4. The Morgan fingerprint density at radius 2 is 1.90 bits per heavy atom. The van der Waals surface area contributed by atoms with E-state index in [2.05, 4.69) is 15.3 Å². The van der Waals surface area contributed by atoms with Crippen LogP contribution in [0.4, 0.5) is 16.2 Å². The lowest BCUT2D eigenvalue weighted by Gasteiger charge is -2.09. The highest BCUT2D eigenvalue weighted by atomic mass is 19.1. The Labute approximate surface area is 121 Å². The average molecular weight is 282 g/mol. The number of hydrogen-bond donors (Lipinski definition) is 2. The Kier molecular flexibility index (Phi) is 3.64. The molecule has 106 valence electrons. The number of aromatic nitrogens is 2. The minimum absolute atomic E-state index is 0.218. The first kappa shape index (κ1) is 13.3. The molecule has 1 aromatic heterocycles. The number of nitrogens with zero attached hydrogens (tertiary/aromatic N) is 2. The van der Waals surface area contributed by atoms with Crippen LogP contribution in [0.2, 0.25) is 0 Å². The summed E-state index contributed by atoms with van der Waals surface area (Å²) in [5.41, 5.74) is 7.46. The summed E-state index contributed by atoms with van der Waals surface area (Å²) in [6.45, 7) is 0.643. The van der Waals surface area contributed by atoms with Gasteiger partial charge in [0, 0.05) is 11.9 Å². The van der Waals surface area contributed by atoms with E-state index < -0.39 is 0 Å². The number of benzene rings is 2. The molecule has 0 saturated carbocycles. The molecule has 0 radical (unpaired) electrons. The minimum Gasteiger partial charge on any atom is -0.369 e.